The summed E-state index contributed by atoms with van der Waals surface area (Å²) in [5.74, 6) is -0.208. The van der Waals surface area contributed by atoms with Gasteiger partial charge in [-0.3, -0.25) is 4.79 Å². The van der Waals surface area contributed by atoms with Gasteiger partial charge in [0.2, 0.25) is 0 Å². The van der Waals surface area contributed by atoms with Gasteiger partial charge < -0.3 is 0 Å². The highest BCUT2D eigenvalue weighted by molar-refractivity contribution is 5.94. The fraction of sp³-hybridized carbons (Fsp3) is 0.176. The van der Waals surface area contributed by atoms with Crippen molar-refractivity contribution in [2.75, 3.05) is 0 Å². The van der Waals surface area contributed by atoms with Crippen LogP contribution in [0.25, 0.3) is 0 Å². The number of benzene rings is 2. The van der Waals surface area contributed by atoms with E-state index in [2.05, 4.69) is 24.4 Å². The summed E-state index contributed by atoms with van der Waals surface area (Å²) in [5, 5.41) is 3.83. The molecule has 0 saturated heterocycles. The maximum Gasteiger partial charge on any atom is 0.271 e. The second-order valence-electron chi connectivity index (χ2n) is 5.03. The molecule has 2 rings (SSSR count). The number of carbonyl (C=O) groups excluding carboxylic acids is 1. The van der Waals surface area contributed by atoms with Crippen LogP contribution in [-0.2, 0) is 0 Å². The van der Waals surface area contributed by atoms with Gasteiger partial charge in [0.1, 0.15) is 5.82 Å². The van der Waals surface area contributed by atoms with Crippen LogP contribution in [0.2, 0.25) is 0 Å². The van der Waals surface area contributed by atoms with Crippen LogP contribution in [0.5, 0.6) is 0 Å². The molecule has 4 heteroatoms. The van der Waals surface area contributed by atoms with Gasteiger partial charge >= 0.3 is 0 Å². The molecule has 0 unspecified atom stereocenters. The van der Waals surface area contributed by atoms with Crippen LogP contribution in [0.3, 0.4) is 0 Å². The SMILES string of the molecule is CC(C)c1ccc(C(=O)NN=Cc2cccc(F)c2)cc1. The number of rotatable bonds is 4. The molecule has 108 valence electrons. The van der Waals surface area contributed by atoms with E-state index in [4.69, 9.17) is 0 Å². The molecule has 2 aromatic carbocycles. The van der Waals surface area contributed by atoms with Gasteiger partial charge in [-0.2, -0.15) is 5.10 Å². The van der Waals surface area contributed by atoms with E-state index in [-0.39, 0.29) is 11.7 Å². The lowest BCUT2D eigenvalue weighted by Gasteiger charge is -2.05. The van der Waals surface area contributed by atoms with E-state index in [0.29, 0.717) is 17.0 Å². The van der Waals surface area contributed by atoms with Gasteiger partial charge in [0.25, 0.3) is 5.91 Å². The van der Waals surface area contributed by atoms with E-state index < -0.39 is 0 Å². The molecule has 0 fully saturated rings. The Balaban J connectivity index is 1.98. The lowest BCUT2D eigenvalue weighted by molar-refractivity contribution is 0.0955. The summed E-state index contributed by atoms with van der Waals surface area (Å²) < 4.78 is 13.0. The zero-order chi connectivity index (χ0) is 15.2. The molecule has 0 atom stereocenters. The first-order valence-corrected chi connectivity index (χ1v) is 6.75. The van der Waals surface area contributed by atoms with Gasteiger partial charge in [-0.1, -0.05) is 38.1 Å². The Morgan fingerprint density at radius 3 is 2.52 bits per heavy atom. The van der Waals surface area contributed by atoms with Crippen molar-refractivity contribution in [1.29, 1.82) is 0 Å². The Morgan fingerprint density at radius 1 is 1.19 bits per heavy atom. The Kier molecular flexibility index (Phi) is 4.82. The van der Waals surface area contributed by atoms with Crippen LogP contribution in [0, 0.1) is 5.82 Å². The molecule has 0 aliphatic heterocycles. The van der Waals surface area contributed by atoms with E-state index >= 15 is 0 Å². The van der Waals surface area contributed by atoms with Crippen LogP contribution in [-0.4, -0.2) is 12.1 Å². The highest BCUT2D eigenvalue weighted by atomic mass is 19.1. The standard InChI is InChI=1S/C17H17FN2O/c1-12(2)14-6-8-15(9-7-14)17(21)20-19-11-13-4-3-5-16(18)10-13/h3-12H,1-2H3,(H,20,21). The predicted octanol–water partition coefficient (Wildman–Crippen LogP) is 3.71. The van der Waals surface area contributed by atoms with Crippen LogP contribution >= 0.6 is 0 Å². The first-order chi connectivity index (χ1) is 10.1. The van der Waals surface area contributed by atoms with Gasteiger partial charge in [0.05, 0.1) is 6.21 Å². The van der Waals surface area contributed by atoms with Crippen molar-refractivity contribution < 1.29 is 9.18 Å². The van der Waals surface area contributed by atoms with Gasteiger partial charge in [0.15, 0.2) is 0 Å². The zero-order valence-electron chi connectivity index (χ0n) is 12.0. The van der Waals surface area contributed by atoms with E-state index in [0.717, 1.165) is 0 Å². The molecule has 0 aliphatic rings. The molecule has 3 nitrogen and oxygen atoms in total. The molecule has 0 aliphatic carbocycles. The Morgan fingerprint density at radius 2 is 1.90 bits per heavy atom. The minimum Gasteiger partial charge on any atom is -0.267 e. The van der Waals surface area contributed by atoms with Gasteiger partial charge in [0, 0.05) is 5.56 Å². The number of nitrogens with one attached hydrogen (secondary N) is 1. The topological polar surface area (TPSA) is 41.5 Å². The summed E-state index contributed by atoms with van der Waals surface area (Å²) >= 11 is 0. The number of hydrogen-bond donors (Lipinski definition) is 1. The fourth-order valence-electron chi connectivity index (χ4n) is 1.84. The van der Waals surface area contributed by atoms with Crippen LogP contribution in [0.4, 0.5) is 4.39 Å². The van der Waals surface area contributed by atoms with Crippen LogP contribution in [0.15, 0.2) is 53.6 Å². The third kappa shape index (κ3) is 4.24. The van der Waals surface area contributed by atoms with Gasteiger partial charge in [-0.25, -0.2) is 9.82 Å². The molecule has 0 saturated carbocycles. The van der Waals surface area contributed by atoms with Crippen LogP contribution in [0.1, 0.15) is 41.3 Å². The third-order valence-electron chi connectivity index (χ3n) is 3.07. The zero-order valence-corrected chi connectivity index (χ0v) is 12.0. The molecule has 0 aromatic heterocycles. The monoisotopic (exact) mass is 284 g/mol. The van der Waals surface area contributed by atoms with E-state index in [9.17, 15) is 9.18 Å². The number of hydrogen-bond acceptors (Lipinski definition) is 2. The normalized spacial score (nSPS) is 11.0. The average Bonchev–Trinajstić information content (AvgIpc) is 2.47. The lowest BCUT2D eigenvalue weighted by atomic mass is 10.0. The third-order valence-corrected chi connectivity index (χ3v) is 3.07. The fourth-order valence-corrected chi connectivity index (χ4v) is 1.84. The summed E-state index contributed by atoms with van der Waals surface area (Å²) in [6.45, 7) is 4.19. The Labute approximate surface area is 123 Å². The number of carbonyl (C=O) groups is 1. The second-order valence-corrected chi connectivity index (χ2v) is 5.03. The summed E-state index contributed by atoms with van der Waals surface area (Å²) in [5.41, 5.74) is 4.73. The second kappa shape index (κ2) is 6.79. The maximum atomic E-state index is 13.0. The maximum absolute atomic E-state index is 13.0. The summed E-state index contributed by atoms with van der Waals surface area (Å²) in [7, 11) is 0. The lowest BCUT2D eigenvalue weighted by Crippen LogP contribution is -2.17. The van der Waals surface area contributed by atoms with Crippen molar-refractivity contribution in [2.45, 2.75) is 19.8 Å². The predicted molar refractivity (Wildman–Crippen MR) is 82.0 cm³/mol. The minimum atomic E-state index is -0.338. The Bertz CT molecular complexity index is 648. The quantitative estimate of drug-likeness (QED) is 0.675. The van der Waals surface area contributed by atoms with Crippen molar-refractivity contribution in [1.82, 2.24) is 5.43 Å². The summed E-state index contributed by atoms with van der Waals surface area (Å²) in [6, 6.07) is 13.4. The van der Waals surface area contributed by atoms with Crippen molar-refractivity contribution >= 4 is 12.1 Å². The first kappa shape index (κ1) is 14.9. The molecule has 21 heavy (non-hydrogen) atoms. The molecule has 2 aromatic rings. The minimum absolute atomic E-state index is 0.294. The van der Waals surface area contributed by atoms with E-state index in [1.165, 1.54) is 23.9 Å². The van der Waals surface area contributed by atoms with Crippen molar-refractivity contribution in [3.63, 3.8) is 0 Å². The highest BCUT2D eigenvalue weighted by Gasteiger charge is 2.05. The molecule has 0 spiro atoms. The van der Waals surface area contributed by atoms with Crippen molar-refractivity contribution in [3.05, 3.63) is 71.0 Å². The summed E-state index contributed by atoms with van der Waals surface area (Å²) in [6.07, 6.45) is 1.41. The number of amides is 1. The van der Waals surface area contributed by atoms with E-state index in [1.54, 1.807) is 24.3 Å². The van der Waals surface area contributed by atoms with Gasteiger partial charge in [-0.05, 0) is 41.3 Å². The van der Waals surface area contributed by atoms with E-state index in [1.807, 2.05) is 12.1 Å². The molecule has 1 N–H and O–H groups in total. The largest absolute Gasteiger partial charge is 0.271 e. The number of nitrogens with zero attached hydrogens (tertiary/aromatic N) is 1. The molecular formula is C17H17FN2O. The first-order valence-electron chi connectivity index (χ1n) is 6.75. The van der Waals surface area contributed by atoms with Crippen molar-refractivity contribution in [3.8, 4) is 0 Å². The molecule has 0 bridgehead atoms. The molecule has 0 radical (unpaired) electrons. The number of hydrazone groups is 1. The number of halogens is 1. The average molecular weight is 284 g/mol. The highest BCUT2D eigenvalue weighted by Crippen LogP contribution is 2.14. The summed E-state index contributed by atoms with van der Waals surface area (Å²) in [4.78, 5) is 11.9. The van der Waals surface area contributed by atoms with Crippen LogP contribution < -0.4 is 5.43 Å². The smallest absolute Gasteiger partial charge is 0.267 e. The molecule has 1 amide bonds. The van der Waals surface area contributed by atoms with Gasteiger partial charge in [-0.15, -0.1) is 0 Å². The Hall–Kier alpha value is -2.49. The molecule has 0 heterocycles. The van der Waals surface area contributed by atoms with Crippen molar-refractivity contribution in [2.24, 2.45) is 5.10 Å². The molecular weight excluding hydrogens is 267 g/mol.